The van der Waals surface area contributed by atoms with Crippen molar-refractivity contribution >= 4 is 12.2 Å². The molecule has 0 saturated carbocycles. The first kappa shape index (κ1) is 18.1. The second-order valence-electron chi connectivity index (χ2n) is 7.37. The first-order valence-corrected chi connectivity index (χ1v) is 7.28. The predicted molar refractivity (Wildman–Crippen MR) is 80.1 cm³/mol. The predicted octanol–water partition coefficient (Wildman–Crippen LogP) is 2.27. The van der Waals surface area contributed by atoms with Crippen LogP contribution < -0.4 is 5.32 Å². The molecule has 0 bridgehead atoms. The van der Waals surface area contributed by atoms with E-state index in [0.717, 1.165) is 0 Å². The minimum absolute atomic E-state index is 0.228. The molecule has 1 saturated heterocycles. The third-order valence-electron chi connectivity index (χ3n) is 2.84. The van der Waals surface area contributed by atoms with Crippen molar-refractivity contribution in [3.05, 3.63) is 0 Å². The van der Waals surface area contributed by atoms with Crippen molar-refractivity contribution < 1.29 is 19.1 Å². The van der Waals surface area contributed by atoms with Gasteiger partial charge in [-0.05, 0) is 41.5 Å². The van der Waals surface area contributed by atoms with Gasteiger partial charge in [0.25, 0.3) is 0 Å². The molecule has 0 aliphatic carbocycles. The summed E-state index contributed by atoms with van der Waals surface area (Å²) in [6.45, 7) is 11.1. The molecule has 7 heteroatoms. The van der Waals surface area contributed by atoms with Crippen LogP contribution in [0.5, 0.6) is 0 Å². The van der Waals surface area contributed by atoms with Gasteiger partial charge >= 0.3 is 12.2 Å². The molecule has 0 radical (unpaired) electrons. The number of ether oxygens (including phenoxy) is 2. The highest BCUT2D eigenvalue weighted by molar-refractivity contribution is 5.70. The molecule has 1 fully saturated rings. The molecule has 7 nitrogen and oxygen atoms in total. The number of carbonyl (C=O) groups excluding carboxylic acids is 2. The molecule has 0 aromatic rings. The lowest BCUT2D eigenvalue weighted by molar-refractivity contribution is 0.0281. The normalized spacial score (nSPS) is 22.0. The summed E-state index contributed by atoms with van der Waals surface area (Å²) in [4.78, 5) is 25.3. The van der Waals surface area contributed by atoms with Gasteiger partial charge in [0.1, 0.15) is 11.2 Å². The van der Waals surface area contributed by atoms with Crippen LogP contribution in [0.25, 0.3) is 0 Å². The molecule has 1 aliphatic heterocycles. The highest BCUT2D eigenvalue weighted by Gasteiger charge is 2.38. The molecule has 22 heavy (non-hydrogen) atoms. The number of hydrogen-bond donors (Lipinski definition) is 1. The lowest BCUT2D eigenvalue weighted by atomic mass is 10.1. The molecule has 2 atom stereocenters. The van der Waals surface area contributed by atoms with Crippen molar-refractivity contribution in [2.45, 2.75) is 58.8 Å². The molecule has 0 spiro atoms. The zero-order chi connectivity index (χ0) is 17.1. The van der Waals surface area contributed by atoms with E-state index in [9.17, 15) is 14.9 Å². The Labute approximate surface area is 131 Å². The van der Waals surface area contributed by atoms with Crippen LogP contribution in [0.15, 0.2) is 0 Å². The van der Waals surface area contributed by atoms with Crippen LogP contribution >= 0.6 is 0 Å². The van der Waals surface area contributed by atoms with Gasteiger partial charge in [-0.1, -0.05) is 0 Å². The number of rotatable bonds is 1. The van der Waals surface area contributed by atoms with Crippen LogP contribution in [0.1, 0.15) is 41.5 Å². The average Bonchev–Trinajstić information content (AvgIpc) is 2.67. The van der Waals surface area contributed by atoms with E-state index in [-0.39, 0.29) is 13.1 Å². The Kier molecular flexibility index (Phi) is 5.28. The second-order valence-corrected chi connectivity index (χ2v) is 7.37. The van der Waals surface area contributed by atoms with Crippen LogP contribution in [0.2, 0.25) is 0 Å². The Bertz CT molecular complexity index is 471. The summed E-state index contributed by atoms with van der Waals surface area (Å²) in [5, 5.41) is 11.8. The van der Waals surface area contributed by atoms with Crippen molar-refractivity contribution in [2.75, 3.05) is 13.1 Å². The van der Waals surface area contributed by atoms with Crippen molar-refractivity contribution in [3.63, 3.8) is 0 Å². The maximum atomic E-state index is 12.0. The first-order chi connectivity index (χ1) is 9.91. The summed E-state index contributed by atoms with van der Waals surface area (Å²) in [5.74, 6) is -0.486. The largest absolute Gasteiger partial charge is 0.444 e. The van der Waals surface area contributed by atoms with Gasteiger partial charge in [-0.2, -0.15) is 5.26 Å². The van der Waals surface area contributed by atoms with Gasteiger partial charge < -0.3 is 19.7 Å². The third kappa shape index (κ3) is 5.80. The van der Waals surface area contributed by atoms with E-state index in [1.165, 1.54) is 4.90 Å². The van der Waals surface area contributed by atoms with E-state index in [2.05, 4.69) is 11.4 Å². The van der Waals surface area contributed by atoms with Gasteiger partial charge in [-0.3, -0.25) is 0 Å². The molecule has 1 N–H and O–H groups in total. The smallest absolute Gasteiger partial charge is 0.410 e. The van der Waals surface area contributed by atoms with Crippen molar-refractivity contribution in [1.29, 1.82) is 5.26 Å². The van der Waals surface area contributed by atoms with Crippen molar-refractivity contribution in [3.8, 4) is 6.07 Å². The van der Waals surface area contributed by atoms with Crippen LogP contribution in [0, 0.1) is 17.2 Å². The number of amides is 2. The molecule has 1 heterocycles. The van der Waals surface area contributed by atoms with Gasteiger partial charge in [0.05, 0.1) is 18.0 Å². The van der Waals surface area contributed by atoms with Crippen LogP contribution in [-0.2, 0) is 9.47 Å². The second kappa shape index (κ2) is 6.42. The topological polar surface area (TPSA) is 91.7 Å². The zero-order valence-corrected chi connectivity index (χ0v) is 14.1. The zero-order valence-electron chi connectivity index (χ0n) is 14.1. The lowest BCUT2D eigenvalue weighted by Crippen LogP contribution is -2.43. The van der Waals surface area contributed by atoms with Crippen LogP contribution in [0.3, 0.4) is 0 Å². The number of likely N-dealkylation sites (tertiary alicyclic amines) is 1. The molecular weight excluding hydrogens is 286 g/mol. The first-order valence-electron chi connectivity index (χ1n) is 7.28. The highest BCUT2D eigenvalue weighted by Crippen LogP contribution is 2.20. The number of hydrogen-bond acceptors (Lipinski definition) is 5. The molecule has 0 aromatic heterocycles. The molecule has 2 unspecified atom stereocenters. The molecular formula is C15H25N3O4. The molecule has 124 valence electrons. The molecule has 1 aliphatic rings. The van der Waals surface area contributed by atoms with Crippen LogP contribution in [0.4, 0.5) is 9.59 Å². The Hall–Kier alpha value is -1.97. The van der Waals surface area contributed by atoms with Crippen LogP contribution in [-0.4, -0.2) is 47.4 Å². The standard InChI is InChI=1S/C15H25N3O4/c1-14(2,3)21-12(19)17-11-9-18(8-10(11)7-16)13(20)22-15(4,5)6/h10-11H,8-9H2,1-6H3,(H,17,19). The molecule has 1 rings (SSSR count). The van der Waals surface area contributed by atoms with E-state index in [1.807, 2.05) is 0 Å². The molecule has 2 amide bonds. The quantitative estimate of drug-likeness (QED) is 0.802. The van der Waals surface area contributed by atoms with Crippen molar-refractivity contribution in [2.24, 2.45) is 5.92 Å². The fraction of sp³-hybridized carbons (Fsp3) is 0.800. The van der Waals surface area contributed by atoms with E-state index in [4.69, 9.17) is 9.47 Å². The van der Waals surface area contributed by atoms with Crippen molar-refractivity contribution in [1.82, 2.24) is 10.2 Å². The highest BCUT2D eigenvalue weighted by atomic mass is 16.6. The summed E-state index contributed by atoms with van der Waals surface area (Å²) in [7, 11) is 0. The maximum absolute atomic E-state index is 12.0. The molecule has 0 aromatic carbocycles. The van der Waals surface area contributed by atoms with E-state index in [0.29, 0.717) is 0 Å². The average molecular weight is 311 g/mol. The Morgan fingerprint density at radius 3 is 2.09 bits per heavy atom. The third-order valence-corrected chi connectivity index (χ3v) is 2.84. The number of nitrogens with one attached hydrogen (secondary N) is 1. The number of nitriles is 1. The summed E-state index contributed by atoms with van der Waals surface area (Å²) in [5.41, 5.74) is -1.22. The van der Waals surface area contributed by atoms with Gasteiger partial charge in [-0.25, -0.2) is 9.59 Å². The minimum atomic E-state index is -0.615. The fourth-order valence-electron chi connectivity index (χ4n) is 2.02. The monoisotopic (exact) mass is 311 g/mol. The number of alkyl carbamates (subject to hydrolysis) is 1. The van der Waals surface area contributed by atoms with E-state index >= 15 is 0 Å². The summed E-state index contributed by atoms with van der Waals surface area (Å²) < 4.78 is 10.5. The maximum Gasteiger partial charge on any atom is 0.410 e. The summed E-state index contributed by atoms with van der Waals surface area (Å²) in [6.07, 6.45) is -1.08. The fourth-order valence-corrected chi connectivity index (χ4v) is 2.02. The Morgan fingerprint density at radius 1 is 1.09 bits per heavy atom. The van der Waals surface area contributed by atoms with E-state index < -0.39 is 35.3 Å². The summed E-state index contributed by atoms with van der Waals surface area (Å²) >= 11 is 0. The Morgan fingerprint density at radius 2 is 1.64 bits per heavy atom. The van der Waals surface area contributed by atoms with Gasteiger partial charge in [0.2, 0.25) is 0 Å². The SMILES string of the molecule is CC(C)(C)OC(=O)NC1CN(C(=O)OC(C)(C)C)CC1C#N. The van der Waals surface area contributed by atoms with E-state index in [1.54, 1.807) is 41.5 Å². The number of nitrogens with zero attached hydrogens (tertiary/aromatic N) is 2. The number of carbonyl (C=O) groups is 2. The van der Waals surface area contributed by atoms with Gasteiger partial charge in [0, 0.05) is 13.1 Å². The summed E-state index contributed by atoms with van der Waals surface area (Å²) in [6, 6.07) is 1.64. The van der Waals surface area contributed by atoms with Gasteiger partial charge in [0.15, 0.2) is 0 Å². The Balaban J connectivity index is 2.64. The van der Waals surface area contributed by atoms with Gasteiger partial charge in [-0.15, -0.1) is 0 Å². The minimum Gasteiger partial charge on any atom is -0.444 e. The lowest BCUT2D eigenvalue weighted by Gasteiger charge is -2.24.